The maximum atomic E-state index is 12.6. The van der Waals surface area contributed by atoms with Gasteiger partial charge in [0.1, 0.15) is 11.4 Å². The predicted molar refractivity (Wildman–Crippen MR) is 88.2 cm³/mol. The number of rotatable bonds is 2. The third-order valence-electron chi connectivity index (χ3n) is 4.63. The summed E-state index contributed by atoms with van der Waals surface area (Å²) in [5.41, 5.74) is 0.424. The minimum absolute atomic E-state index is 0.0392. The summed E-state index contributed by atoms with van der Waals surface area (Å²) in [4.78, 5) is 14.4. The van der Waals surface area contributed by atoms with Crippen LogP contribution in [0.3, 0.4) is 0 Å². The second-order valence-electron chi connectivity index (χ2n) is 6.69. The first-order chi connectivity index (χ1) is 12.0. The Labute approximate surface area is 145 Å². The second-order valence-corrected chi connectivity index (χ2v) is 6.69. The van der Waals surface area contributed by atoms with Crippen LogP contribution in [0.25, 0.3) is 11.3 Å². The number of hydrogen-bond acceptors (Lipinski definition) is 6. The minimum atomic E-state index is -0.391. The fourth-order valence-electron chi connectivity index (χ4n) is 3.48. The van der Waals surface area contributed by atoms with Crippen LogP contribution in [0.1, 0.15) is 19.1 Å². The van der Waals surface area contributed by atoms with E-state index in [1.54, 1.807) is 23.3 Å². The van der Waals surface area contributed by atoms with Crippen molar-refractivity contribution in [3.05, 3.63) is 24.2 Å². The molecule has 2 atom stereocenters. The van der Waals surface area contributed by atoms with Gasteiger partial charge >= 0.3 is 6.03 Å². The first kappa shape index (κ1) is 16.2. The highest BCUT2D eigenvalue weighted by molar-refractivity contribution is 5.89. The molecule has 2 aliphatic heterocycles. The zero-order valence-electron chi connectivity index (χ0n) is 14.3. The summed E-state index contributed by atoms with van der Waals surface area (Å²) in [6.45, 7) is 6.03. The average Bonchev–Trinajstić information content (AvgIpc) is 3.29. The number of aryl methyl sites for hydroxylation is 1. The molecule has 0 saturated carbocycles. The first-order valence-electron chi connectivity index (χ1n) is 8.37. The van der Waals surface area contributed by atoms with E-state index >= 15 is 0 Å². The first-order valence-corrected chi connectivity index (χ1v) is 8.37. The molecule has 4 heterocycles. The van der Waals surface area contributed by atoms with Gasteiger partial charge in [0.25, 0.3) is 0 Å². The normalized spacial score (nSPS) is 26.3. The molecule has 2 aromatic heterocycles. The zero-order valence-corrected chi connectivity index (χ0v) is 14.3. The molecular formula is C17H21N3O5. The number of ether oxygens (including phenoxy) is 2. The third-order valence-corrected chi connectivity index (χ3v) is 4.63. The summed E-state index contributed by atoms with van der Waals surface area (Å²) in [6, 6.07) is 3.27. The van der Waals surface area contributed by atoms with Gasteiger partial charge in [0.2, 0.25) is 0 Å². The molecule has 2 aliphatic rings. The number of carbonyl (C=O) groups is 1. The third kappa shape index (κ3) is 3.14. The molecule has 0 bridgehead atoms. The van der Waals surface area contributed by atoms with E-state index in [0.717, 1.165) is 17.7 Å². The van der Waals surface area contributed by atoms with Gasteiger partial charge in [-0.05, 0) is 19.9 Å². The van der Waals surface area contributed by atoms with Crippen molar-refractivity contribution >= 4 is 11.8 Å². The van der Waals surface area contributed by atoms with Crippen LogP contribution in [0, 0.1) is 6.92 Å². The maximum Gasteiger partial charge on any atom is 0.323 e. The quantitative estimate of drug-likeness (QED) is 0.898. The van der Waals surface area contributed by atoms with E-state index in [4.69, 9.17) is 18.4 Å². The lowest BCUT2D eigenvalue weighted by atomic mass is 9.99. The average molecular weight is 347 g/mol. The SMILES string of the molecule is Cc1occc1-c1cc(NC(=O)N2C[C@H](C)O[C@]3(CCOC3)C2)no1. The predicted octanol–water partition coefficient (Wildman–Crippen LogP) is 2.65. The molecule has 2 amide bonds. The van der Waals surface area contributed by atoms with Crippen molar-refractivity contribution in [3.63, 3.8) is 0 Å². The summed E-state index contributed by atoms with van der Waals surface area (Å²) in [5, 5.41) is 6.72. The number of nitrogens with zero attached hydrogens (tertiary/aromatic N) is 2. The van der Waals surface area contributed by atoms with Gasteiger partial charge in [0.15, 0.2) is 11.6 Å². The Morgan fingerprint density at radius 2 is 2.36 bits per heavy atom. The number of carbonyl (C=O) groups excluding carboxylic acids is 1. The monoisotopic (exact) mass is 347 g/mol. The maximum absolute atomic E-state index is 12.6. The molecule has 8 nitrogen and oxygen atoms in total. The molecule has 4 rings (SSSR count). The van der Waals surface area contributed by atoms with E-state index in [0.29, 0.717) is 37.9 Å². The van der Waals surface area contributed by atoms with Crippen LogP contribution in [-0.2, 0) is 9.47 Å². The van der Waals surface area contributed by atoms with Crippen molar-refractivity contribution in [3.8, 4) is 11.3 Å². The Hall–Kier alpha value is -2.32. The largest absolute Gasteiger partial charge is 0.469 e. The lowest BCUT2D eigenvalue weighted by Gasteiger charge is -2.42. The molecule has 0 aliphatic carbocycles. The topological polar surface area (TPSA) is 90.0 Å². The van der Waals surface area contributed by atoms with Crippen molar-refractivity contribution in [2.75, 3.05) is 31.6 Å². The Morgan fingerprint density at radius 3 is 3.08 bits per heavy atom. The van der Waals surface area contributed by atoms with E-state index < -0.39 is 5.60 Å². The molecule has 2 fully saturated rings. The van der Waals surface area contributed by atoms with Gasteiger partial charge in [-0.15, -0.1) is 0 Å². The van der Waals surface area contributed by atoms with Crippen LogP contribution in [0.2, 0.25) is 0 Å². The van der Waals surface area contributed by atoms with Crippen LogP contribution >= 0.6 is 0 Å². The van der Waals surface area contributed by atoms with Gasteiger partial charge in [-0.25, -0.2) is 4.79 Å². The minimum Gasteiger partial charge on any atom is -0.469 e. The Morgan fingerprint density at radius 1 is 1.48 bits per heavy atom. The molecule has 0 radical (unpaired) electrons. The number of nitrogens with one attached hydrogen (secondary N) is 1. The molecule has 2 aromatic rings. The highest BCUT2D eigenvalue weighted by atomic mass is 16.6. The second kappa shape index (κ2) is 6.20. The Balaban J connectivity index is 1.45. The van der Waals surface area contributed by atoms with E-state index in [-0.39, 0.29) is 12.1 Å². The van der Waals surface area contributed by atoms with Gasteiger partial charge < -0.3 is 23.3 Å². The summed E-state index contributed by atoms with van der Waals surface area (Å²) in [6.07, 6.45) is 2.35. The molecule has 8 heteroatoms. The summed E-state index contributed by atoms with van der Waals surface area (Å²) in [7, 11) is 0. The van der Waals surface area contributed by atoms with Crippen LogP contribution in [0.5, 0.6) is 0 Å². The Bertz CT molecular complexity index is 762. The molecule has 134 valence electrons. The van der Waals surface area contributed by atoms with Crippen molar-refractivity contribution < 1.29 is 23.2 Å². The lowest BCUT2D eigenvalue weighted by molar-refractivity contribution is -0.136. The number of urea groups is 1. The summed E-state index contributed by atoms with van der Waals surface area (Å²) < 4.78 is 22.1. The van der Waals surface area contributed by atoms with Crippen molar-refractivity contribution in [1.82, 2.24) is 10.1 Å². The van der Waals surface area contributed by atoms with Gasteiger partial charge in [-0.2, -0.15) is 0 Å². The van der Waals surface area contributed by atoms with Gasteiger partial charge in [-0.3, -0.25) is 5.32 Å². The van der Waals surface area contributed by atoms with Crippen LogP contribution in [0.4, 0.5) is 10.6 Å². The Kier molecular flexibility index (Phi) is 4.01. The molecule has 25 heavy (non-hydrogen) atoms. The van der Waals surface area contributed by atoms with Crippen molar-refractivity contribution in [2.24, 2.45) is 0 Å². The van der Waals surface area contributed by atoms with Gasteiger partial charge in [0.05, 0.1) is 31.1 Å². The van der Waals surface area contributed by atoms with E-state index in [9.17, 15) is 4.79 Å². The van der Waals surface area contributed by atoms with E-state index in [1.807, 2.05) is 13.8 Å². The van der Waals surface area contributed by atoms with Crippen LogP contribution in [0.15, 0.2) is 27.3 Å². The van der Waals surface area contributed by atoms with Crippen molar-refractivity contribution in [1.29, 1.82) is 0 Å². The molecule has 1 N–H and O–H groups in total. The lowest BCUT2D eigenvalue weighted by Crippen LogP contribution is -2.57. The molecule has 0 aromatic carbocycles. The van der Waals surface area contributed by atoms with Crippen molar-refractivity contribution in [2.45, 2.75) is 32.0 Å². The summed E-state index contributed by atoms with van der Waals surface area (Å²) in [5.74, 6) is 1.66. The smallest absolute Gasteiger partial charge is 0.323 e. The highest BCUT2D eigenvalue weighted by Gasteiger charge is 2.44. The molecule has 2 saturated heterocycles. The fourth-order valence-corrected chi connectivity index (χ4v) is 3.48. The van der Waals surface area contributed by atoms with Crippen LogP contribution < -0.4 is 5.32 Å². The zero-order chi connectivity index (χ0) is 17.4. The fraction of sp³-hybridized carbons (Fsp3) is 0.529. The number of anilines is 1. The molecular weight excluding hydrogens is 326 g/mol. The van der Waals surface area contributed by atoms with Gasteiger partial charge in [0, 0.05) is 25.6 Å². The highest BCUT2D eigenvalue weighted by Crippen LogP contribution is 2.31. The number of amides is 2. The van der Waals surface area contributed by atoms with E-state index in [2.05, 4.69) is 10.5 Å². The van der Waals surface area contributed by atoms with E-state index in [1.165, 1.54) is 0 Å². The van der Waals surface area contributed by atoms with Crippen LogP contribution in [-0.4, -0.2) is 54.1 Å². The number of morpholine rings is 1. The number of hydrogen-bond donors (Lipinski definition) is 1. The summed E-state index contributed by atoms with van der Waals surface area (Å²) >= 11 is 0. The van der Waals surface area contributed by atoms with Gasteiger partial charge in [-0.1, -0.05) is 5.16 Å². The number of furan rings is 1. The standard InChI is InChI=1S/C17H21N3O5/c1-11-8-20(9-17(24-11)4-6-22-10-17)16(21)18-15-7-14(25-19-15)13-3-5-23-12(13)2/h3,5,7,11H,4,6,8-10H2,1-2H3,(H,18,19,21)/t11-,17+/m0/s1. The molecule has 1 spiro atoms. The molecule has 0 unspecified atom stereocenters. The number of aromatic nitrogens is 1.